The van der Waals surface area contributed by atoms with Gasteiger partial charge in [-0.3, -0.25) is 9.59 Å². The molecule has 0 saturated carbocycles. The van der Waals surface area contributed by atoms with E-state index in [4.69, 9.17) is 4.74 Å². The van der Waals surface area contributed by atoms with Gasteiger partial charge in [0.1, 0.15) is 5.75 Å². The number of carbonyl (C=O) groups excluding carboxylic acids is 2. The van der Waals surface area contributed by atoms with Gasteiger partial charge in [-0.1, -0.05) is 24.3 Å². The zero-order chi connectivity index (χ0) is 19.5. The number of halogens is 1. The first-order valence-electron chi connectivity index (χ1n) is 8.78. The summed E-state index contributed by atoms with van der Waals surface area (Å²) in [6.07, 6.45) is 0. The fourth-order valence-corrected chi connectivity index (χ4v) is 3.37. The topological polar surface area (TPSA) is 58.6 Å². The highest BCUT2D eigenvalue weighted by Crippen LogP contribution is 2.32. The smallest absolute Gasteiger partial charge is 0.265 e. The molecule has 0 atom stereocenters. The molecule has 0 radical (unpaired) electrons. The molecule has 2 amide bonds. The molecule has 0 aliphatic carbocycles. The highest BCUT2D eigenvalue weighted by atomic mass is 127. The van der Waals surface area contributed by atoms with Crippen molar-refractivity contribution in [2.45, 2.75) is 6.54 Å². The Morgan fingerprint density at radius 1 is 1.00 bits per heavy atom. The summed E-state index contributed by atoms with van der Waals surface area (Å²) in [5.74, 6) is 0.454. The average Bonchev–Trinajstić information content (AvgIpc) is 2.72. The van der Waals surface area contributed by atoms with Crippen molar-refractivity contribution in [3.63, 3.8) is 0 Å². The molecule has 28 heavy (non-hydrogen) atoms. The van der Waals surface area contributed by atoms with E-state index in [-0.39, 0.29) is 18.4 Å². The number of nitrogens with one attached hydrogen (secondary N) is 1. The molecule has 1 N–H and O–H groups in total. The van der Waals surface area contributed by atoms with Crippen LogP contribution in [0.15, 0.2) is 72.8 Å². The van der Waals surface area contributed by atoms with Gasteiger partial charge in [0.25, 0.3) is 11.8 Å². The minimum Gasteiger partial charge on any atom is -0.482 e. The number of hydrogen-bond donors (Lipinski definition) is 1. The summed E-state index contributed by atoms with van der Waals surface area (Å²) < 4.78 is 6.58. The van der Waals surface area contributed by atoms with Crippen LogP contribution in [0, 0.1) is 3.57 Å². The van der Waals surface area contributed by atoms with Crippen LogP contribution >= 0.6 is 22.6 Å². The van der Waals surface area contributed by atoms with Gasteiger partial charge in [0.05, 0.1) is 12.2 Å². The number of hydrogen-bond acceptors (Lipinski definition) is 3. The van der Waals surface area contributed by atoms with Crippen molar-refractivity contribution in [2.24, 2.45) is 0 Å². The molecule has 1 aliphatic rings. The molecule has 5 nitrogen and oxygen atoms in total. The maximum atomic E-state index is 12.4. The minimum absolute atomic E-state index is 0.0352. The summed E-state index contributed by atoms with van der Waals surface area (Å²) in [5, 5.41) is 2.88. The lowest BCUT2D eigenvalue weighted by atomic mass is 10.1. The van der Waals surface area contributed by atoms with Crippen LogP contribution in [0.5, 0.6) is 5.75 Å². The van der Waals surface area contributed by atoms with Crippen LogP contribution in [0.4, 0.5) is 11.4 Å². The Morgan fingerprint density at radius 3 is 2.46 bits per heavy atom. The van der Waals surface area contributed by atoms with Crippen LogP contribution in [0.25, 0.3) is 0 Å². The van der Waals surface area contributed by atoms with Gasteiger partial charge in [-0.25, -0.2) is 0 Å². The van der Waals surface area contributed by atoms with E-state index in [9.17, 15) is 9.59 Å². The van der Waals surface area contributed by atoms with E-state index in [2.05, 4.69) is 27.9 Å². The maximum Gasteiger partial charge on any atom is 0.265 e. The normalized spacial score (nSPS) is 12.9. The molecule has 1 aliphatic heterocycles. The third-order valence-corrected chi connectivity index (χ3v) is 5.19. The first kappa shape index (κ1) is 18.5. The summed E-state index contributed by atoms with van der Waals surface area (Å²) in [6.45, 7) is 0.464. The Labute approximate surface area is 176 Å². The second-order valence-electron chi connectivity index (χ2n) is 6.39. The predicted molar refractivity (Wildman–Crippen MR) is 117 cm³/mol. The SMILES string of the molecule is O=C(Nc1ccc(I)cc1)c1ccc(CN2C(=O)COc3ccccc32)cc1. The number of carbonyl (C=O) groups is 2. The standard InChI is InChI=1S/C22H17IN2O3/c23-17-9-11-18(12-10-17)24-22(27)16-7-5-15(6-8-16)13-25-19-3-1-2-4-20(19)28-14-21(25)26/h1-12H,13-14H2,(H,24,27). The van der Waals surface area contributed by atoms with Crippen molar-refractivity contribution in [3.05, 3.63) is 87.5 Å². The van der Waals surface area contributed by atoms with Crippen LogP contribution < -0.4 is 15.0 Å². The Morgan fingerprint density at radius 2 is 1.71 bits per heavy atom. The zero-order valence-corrected chi connectivity index (χ0v) is 17.0. The quantitative estimate of drug-likeness (QED) is 0.557. The molecule has 6 heteroatoms. The summed E-state index contributed by atoms with van der Waals surface area (Å²) in [5.41, 5.74) is 3.02. The van der Waals surface area contributed by atoms with Gasteiger partial charge in [0.15, 0.2) is 6.61 Å². The average molecular weight is 484 g/mol. The minimum atomic E-state index is -0.166. The molecule has 4 rings (SSSR count). The van der Waals surface area contributed by atoms with Crippen molar-refractivity contribution in [1.82, 2.24) is 0 Å². The monoisotopic (exact) mass is 484 g/mol. The van der Waals surface area contributed by atoms with Gasteiger partial charge in [0, 0.05) is 14.8 Å². The summed E-state index contributed by atoms with van der Waals surface area (Å²) >= 11 is 2.22. The first-order valence-corrected chi connectivity index (χ1v) is 9.86. The fraction of sp³-hybridized carbons (Fsp3) is 0.0909. The Kier molecular flexibility index (Phi) is 5.29. The predicted octanol–water partition coefficient (Wildman–Crippen LogP) is 4.47. The van der Waals surface area contributed by atoms with E-state index in [0.29, 0.717) is 17.9 Å². The number of rotatable bonds is 4. The molecular weight excluding hydrogens is 467 g/mol. The Balaban J connectivity index is 1.47. The molecule has 0 fully saturated rings. The Bertz CT molecular complexity index is 1020. The van der Waals surface area contributed by atoms with Crippen molar-refractivity contribution >= 4 is 45.8 Å². The highest BCUT2D eigenvalue weighted by molar-refractivity contribution is 14.1. The number of benzene rings is 3. The molecule has 0 bridgehead atoms. The number of nitrogens with zero attached hydrogens (tertiary/aromatic N) is 1. The molecular formula is C22H17IN2O3. The van der Waals surface area contributed by atoms with Crippen LogP contribution in [0.1, 0.15) is 15.9 Å². The summed E-state index contributed by atoms with van der Waals surface area (Å²) in [6, 6.07) is 22.4. The van der Waals surface area contributed by atoms with Crippen molar-refractivity contribution in [1.29, 1.82) is 0 Å². The number of para-hydroxylation sites is 2. The van der Waals surface area contributed by atoms with Crippen LogP contribution in [0.2, 0.25) is 0 Å². The number of anilines is 2. The third-order valence-electron chi connectivity index (χ3n) is 4.47. The molecule has 140 valence electrons. The van der Waals surface area contributed by atoms with Gasteiger partial charge in [-0.2, -0.15) is 0 Å². The van der Waals surface area contributed by atoms with Gasteiger partial charge < -0.3 is 15.0 Å². The van der Waals surface area contributed by atoms with E-state index < -0.39 is 0 Å². The number of amides is 2. The second kappa shape index (κ2) is 8.02. The molecule has 0 unspecified atom stereocenters. The highest BCUT2D eigenvalue weighted by Gasteiger charge is 2.25. The molecule has 0 saturated heterocycles. The largest absolute Gasteiger partial charge is 0.482 e. The van der Waals surface area contributed by atoms with Crippen LogP contribution in [-0.4, -0.2) is 18.4 Å². The lowest BCUT2D eigenvalue weighted by Crippen LogP contribution is -2.38. The van der Waals surface area contributed by atoms with Gasteiger partial charge >= 0.3 is 0 Å². The molecule has 1 heterocycles. The van der Waals surface area contributed by atoms with Crippen molar-refractivity contribution < 1.29 is 14.3 Å². The van der Waals surface area contributed by atoms with Crippen molar-refractivity contribution in [2.75, 3.05) is 16.8 Å². The van der Waals surface area contributed by atoms with Crippen LogP contribution in [0.3, 0.4) is 0 Å². The van der Waals surface area contributed by atoms with E-state index >= 15 is 0 Å². The maximum absolute atomic E-state index is 12.4. The molecule has 3 aromatic carbocycles. The van der Waals surface area contributed by atoms with Gasteiger partial charge in [0.2, 0.25) is 0 Å². The van der Waals surface area contributed by atoms with E-state index in [1.165, 1.54) is 0 Å². The van der Waals surface area contributed by atoms with Gasteiger partial charge in [-0.05, 0) is 76.7 Å². The van der Waals surface area contributed by atoms with Gasteiger partial charge in [-0.15, -0.1) is 0 Å². The number of ether oxygens (including phenoxy) is 1. The molecule has 0 spiro atoms. The second-order valence-corrected chi connectivity index (χ2v) is 7.64. The van der Waals surface area contributed by atoms with E-state index in [0.717, 1.165) is 20.5 Å². The lowest BCUT2D eigenvalue weighted by molar-refractivity contribution is -0.121. The fourth-order valence-electron chi connectivity index (χ4n) is 3.01. The zero-order valence-electron chi connectivity index (χ0n) is 14.9. The summed E-state index contributed by atoms with van der Waals surface area (Å²) in [4.78, 5) is 26.4. The van der Waals surface area contributed by atoms with E-state index in [1.54, 1.807) is 17.0 Å². The molecule has 0 aromatic heterocycles. The van der Waals surface area contributed by atoms with Crippen molar-refractivity contribution in [3.8, 4) is 5.75 Å². The Hall–Kier alpha value is -2.87. The summed E-state index contributed by atoms with van der Waals surface area (Å²) in [7, 11) is 0. The lowest BCUT2D eigenvalue weighted by Gasteiger charge is -2.29. The molecule has 3 aromatic rings. The number of fused-ring (bicyclic) bond motifs is 1. The van der Waals surface area contributed by atoms with E-state index in [1.807, 2.05) is 60.7 Å². The third kappa shape index (κ3) is 4.01. The van der Waals surface area contributed by atoms with Crippen LogP contribution in [-0.2, 0) is 11.3 Å². The first-order chi connectivity index (χ1) is 13.6.